The molecule has 0 aliphatic carbocycles. The van der Waals surface area contributed by atoms with Crippen LogP contribution in [0.4, 0.5) is 0 Å². The molecule has 21 heavy (non-hydrogen) atoms. The van der Waals surface area contributed by atoms with Gasteiger partial charge in [-0.1, -0.05) is 6.07 Å². The summed E-state index contributed by atoms with van der Waals surface area (Å²) in [7, 11) is 1.53. The van der Waals surface area contributed by atoms with Gasteiger partial charge in [0, 0.05) is 5.56 Å². The molecular formula is C14H12N2O4S. The minimum atomic E-state index is -1.20. The number of carboxylic acid groups (broad SMARTS) is 1. The summed E-state index contributed by atoms with van der Waals surface area (Å²) in [5, 5.41) is 14.5. The van der Waals surface area contributed by atoms with E-state index in [9.17, 15) is 9.59 Å². The number of rotatable bonds is 5. The predicted octanol–water partition coefficient (Wildman–Crippen LogP) is 1.98. The Bertz CT molecular complexity index is 663. The van der Waals surface area contributed by atoms with E-state index in [1.54, 1.807) is 41.8 Å². The lowest BCUT2D eigenvalue weighted by molar-refractivity contribution is -0.129. The molecule has 7 heteroatoms. The van der Waals surface area contributed by atoms with Gasteiger partial charge in [-0.15, -0.1) is 11.3 Å². The van der Waals surface area contributed by atoms with Crippen LogP contribution in [0.2, 0.25) is 0 Å². The molecule has 0 aliphatic rings. The number of hydrogen-bond donors (Lipinski definition) is 2. The van der Waals surface area contributed by atoms with Crippen molar-refractivity contribution in [2.45, 2.75) is 0 Å². The standard InChI is InChI=1S/C14H12N2O4S/c1-20-10-6-4-9(5-7-10)13(17)16-15-12(14(18)19)11-3-2-8-21-11/h2-8H,1H3,(H,16,17)(H,18,19)/b15-12-. The number of carbonyl (C=O) groups excluding carboxylic acids is 1. The second kappa shape index (κ2) is 6.67. The lowest BCUT2D eigenvalue weighted by Gasteiger charge is -2.03. The summed E-state index contributed by atoms with van der Waals surface area (Å²) in [5.74, 6) is -1.07. The van der Waals surface area contributed by atoms with Gasteiger partial charge in [-0.05, 0) is 35.7 Å². The first kappa shape index (κ1) is 14.7. The van der Waals surface area contributed by atoms with Crippen LogP contribution < -0.4 is 10.2 Å². The smallest absolute Gasteiger partial charge is 0.357 e. The van der Waals surface area contributed by atoms with Crippen LogP contribution >= 0.6 is 11.3 Å². The van der Waals surface area contributed by atoms with Crippen LogP contribution in [-0.4, -0.2) is 29.8 Å². The van der Waals surface area contributed by atoms with Gasteiger partial charge < -0.3 is 9.84 Å². The summed E-state index contributed by atoms with van der Waals surface area (Å²) < 4.78 is 4.99. The molecule has 0 spiro atoms. The highest BCUT2D eigenvalue weighted by Crippen LogP contribution is 2.12. The number of hydrazone groups is 1. The van der Waals surface area contributed by atoms with Crippen molar-refractivity contribution in [2.75, 3.05) is 7.11 Å². The fraction of sp³-hybridized carbons (Fsp3) is 0.0714. The van der Waals surface area contributed by atoms with E-state index < -0.39 is 11.9 Å². The molecule has 6 nitrogen and oxygen atoms in total. The number of thiophene rings is 1. The average Bonchev–Trinajstić information content (AvgIpc) is 3.01. The molecule has 2 aromatic rings. The maximum atomic E-state index is 11.9. The van der Waals surface area contributed by atoms with Gasteiger partial charge in [0.1, 0.15) is 5.75 Å². The van der Waals surface area contributed by atoms with Crippen molar-refractivity contribution in [3.05, 3.63) is 52.2 Å². The van der Waals surface area contributed by atoms with E-state index in [-0.39, 0.29) is 5.71 Å². The minimum absolute atomic E-state index is 0.202. The Labute approximate surface area is 124 Å². The third-order valence-corrected chi connectivity index (χ3v) is 3.46. The van der Waals surface area contributed by atoms with Gasteiger partial charge in [0.2, 0.25) is 0 Å². The van der Waals surface area contributed by atoms with Crippen molar-refractivity contribution in [2.24, 2.45) is 5.10 Å². The molecule has 0 atom stereocenters. The van der Waals surface area contributed by atoms with Crippen LogP contribution in [-0.2, 0) is 4.79 Å². The van der Waals surface area contributed by atoms with Crippen molar-refractivity contribution in [3.63, 3.8) is 0 Å². The van der Waals surface area contributed by atoms with Gasteiger partial charge in [-0.3, -0.25) is 4.79 Å². The number of methoxy groups -OCH3 is 1. The first-order chi connectivity index (χ1) is 10.1. The van der Waals surface area contributed by atoms with E-state index >= 15 is 0 Å². The number of amides is 1. The Balaban J connectivity index is 2.13. The molecule has 108 valence electrons. The first-order valence-corrected chi connectivity index (χ1v) is 6.79. The molecule has 1 aromatic heterocycles. The third-order valence-electron chi connectivity index (χ3n) is 2.58. The largest absolute Gasteiger partial charge is 0.497 e. The van der Waals surface area contributed by atoms with Crippen molar-refractivity contribution < 1.29 is 19.4 Å². The molecular weight excluding hydrogens is 292 g/mol. The molecule has 0 saturated heterocycles. The van der Waals surface area contributed by atoms with Gasteiger partial charge in [-0.2, -0.15) is 5.10 Å². The fourth-order valence-corrected chi connectivity index (χ4v) is 2.24. The number of benzene rings is 1. The molecule has 0 aliphatic heterocycles. The van der Waals surface area contributed by atoms with E-state index in [2.05, 4.69) is 10.5 Å². The topological polar surface area (TPSA) is 88.0 Å². The fourth-order valence-electron chi connectivity index (χ4n) is 1.54. The predicted molar refractivity (Wildman–Crippen MR) is 79.0 cm³/mol. The Morgan fingerprint density at radius 3 is 2.48 bits per heavy atom. The lowest BCUT2D eigenvalue weighted by atomic mass is 10.2. The summed E-state index contributed by atoms with van der Waals surface area (Å²) in [6.07, 6.45) is 0. The van der Waals surface area contributed by atoms with E-state index in [1.165, 1.54) is 18.4 Å². The molecule has 1 aromatic carbocycles. The summed E-state index contributed by atoms with van der Waals surface area (Å²) in [6, 6.07) is 9.73. The Kier molecular flexibility index (Phi) is 4.68. The second-order valence-electron chi connectivity index (χ2n) is 3.91. The van der Waals surface area contributed by atoms with E-state index in [1.807, 2.05) is 0 Å². The third kappa shape index (κ3) is 3.67. The maximum Gasteiger partial charge on any atom is 0.357 e. The first-order valence-electron chi connectivity index (χ1n) is 5.91. The van der Waals surface area contributed by atoms with E-state index in [0.717, 1.165) is 0 Å². The van der Waals surface area contributed by atoms with Crippen molar-refractivity contribution in [3.8, 4) is 5.75 Å². The SMILES string of the molecule is COc1ccc(C(=O)N/N=C(\C(=O)O)c2cccs2)cc1. The monoisotopic (exact) mass is 304 g/mol. The Hall–Kier alpha value is -2.67. The molecule has 1 heterocycles. The molecule has 0 fully saturated rings. The maximum absolute atomic E-state index is 11.9. The Morgan fingerprint density at radius 1 is 1.24 bits per heavy atom. The van der Waals surface area contributed by atoms with Gasteiger partial charge in [0.25, 0.3) is 5.91 Å². The van der Waals surface area contributed by atoms with Crippen molar-refractivity contribution in [1.29, 1.82) is 0 Å². The summed E-state index contributed by atoms with van der Waals surface area (Å²) in [4.78, 5) is 23.5. The number of aliphatic carboxylic acids is 1. The normalized spacial score (nSPS) is 11.0. The number of carbonyl (C=O) groups is 2. The molecule has 0 unspecified atom stereocenters. The lowest BCUT2D eigenvalue weighted by Crippen LogP contribution is -2.23. The molecule has 0 bridgehead atoms. The zero-order valence-corrected chi connectivity index (χ0v) is 11.9. The zero-order valence-electron chi connectivity index (χ0n) is 11.1. The highest BCUT2D eigenvalue weighted by molar-refractivity contribution is 7.13. The number of nitrogens with zero attached hydrogens (tertiary/aromatic N) is 1. The minimum Gasteiger partial charge on any atom is -0.497 e. The van der Waals surface area contributed by atoms with Crippen LogP contribution in [0.3, 0.4) is 0 Å². The number of nitrogens with one attached hydrogen (secondary N) is 1. The molecule has 1 amide bonds. The van der Waals surface area contributed by atoms with Gasteiger partial charge in [0.05, 0.1) is 12.0 Å². The van der Waals surface area contributed by atoms with Crippen LogP contribution in [0.25, 0.3) is 0 Å². The number of hydrogen-bond acceptors (Lipinski definition) is 5. The average molecular weight is 304 g/mol. The van der Waals surface area contributed by atoms with Gasteiger partial charge in [0.15, 0.2) is 5.71 Å². The van der Waals surface area contributed by atoms with Gasteiger partial charge in [-0.25, -0.2) is 10.2 Å². The highest BCUT2D eigenvalue weighted by atomic mass is 32.1. The second-order valence-corrected chi connectivity index (χ2v) is 4.86. The van der Waals surface area contributed by atoms with Crippen LogP contribution in [0.1, 0.15) is 15.2 Å². The van der Waals surface area contributed by atoms with Gasteiger partial charge >= 0.3 is 5.97 Å². The van der Waals surface area contributed by atoms with Crippen molar-refractivity contribution >= 4 is 28.9 Å². The Morgan fingerprint density at radius 2 is 1.95 bits per heavy atom. The van der Waals surface area contributed by atoms with Crippen molar-refractivity contribution in [1.82, 2.24) is 5.43 Å². The zero-order chi connectivity index (χ0) is 15.2. The molecule has 2 N–H and O–H groups in total. The highest BCUT2D eigenvalue weighted by Gasteiger charge is 2.14. The molecule has 0 saturated carbocycles. The van der Waals surface area contributed by atoms with Crippen LogP contribution in [0, 0.1) is 0 Å². The van der Waals surface area contributed by atoms with E-state index in [4.69, 9.17) is 9.84 Å². The molecule has 0 radical (unpaired) electrons. The van der Waals surface area contributed by atoms with Crippen LogP contribution in [0.15, 0.2) is 46.9 Å². The summed E-state index contributed by atoms with van der Waals surface area (Å²) >= 11 is 1.23. The quantitative estimate of drug-likeness (QED) is 0.653. The van der Waals surface area contributed by atoms with Crippen LogP contribution in [0.5, 0.6) is 5.75 Å². The van der Waals surface area contributed by atoms with E-state index in [0.29, 0.717) is 16.2 Å². The summed E-state index contributed by atoms with van der Waals surface area (Å²) in [5.41, 5.74) is 2.40. The molecule has 2 rings (SSSR count). The number of ether oxygens (including phenoxy) is 1. The summed E-state index contributed by atoms with van der Waals surface area (Å²) in [6.45, 7) is 0. The number of carboxylic acids is 1.